The predicted octanol–water partition coefficient (Wildman–Crippen LogP) is 2.32. The Morgan fingerprint density at radius 1 is 1.29 bits per heavy atom. The van der Waals surface area contributed by atoms with Gasteiger partial charge in [0.2, 0.25) is 0 Å². The fourth-order valence-electron chi connectivity index (χ4n) is 2.81. The van der Waals surface area contributed by atoms with Gasteiger partial charge in [0.25, 0.3) is 0 Å². The zero-order valence-corrected chi connectivity index (χ0v) is 10.7. The number of likely N-dealkylation sites (tertiary alicyclic amines) is 1. The molecule has 1 atom stereocenters. The normalized spacial score (nSPS) is 25.4. The highest BCUT2D eigenvalue weighted by Crippen LogP contribution is 2.29. The van der Waals surface area contributed by atoms with Crippen molar-refractivity contribution in [2.45, 2.75) is 44.8 Å². The van der Waals surface area contributed by atoms with Crippen molar-refractivity contribution >= 4 is 0 Å². The van der Waals surface area contributed by atoms with Crippen LogP contribution in [0.25, 0.3) is 0 Å². The van der Waals surface area contributed by atoms with Gasteiger partial charge in [0.15, 0.2) is 0 Å². The van der Waals surface area contributed by atoms with Gasteiger partial charge in [-0.2, -0.15) is 0 Å². The molecule has 2 fully saturated rings. The number of hydrogen-bond donors (Lipinski definition) is 1. The summed E-state index contributed by atoms with van der Waals surface area (Å²) in [6.07, 6.45) is 4.19. The molecular formula is C15H22N2. The first-order valence-corrected chi connectivity index (χ1v) is 6.84. The Kier molecular flexibility index (Phi) is 3.17. The number of aryl methyl sites for hydroxylation is 1. The van der Waals surface area contributed by atoms with Crippen molar-refractivity contribution in [3.8, 4) is 0 Å². The molecule has 1 aliphatic heterocycles. The molecule has 1 aromatic carbocycles. The molecule has 1 saturated heterocycles. The van der Waals surface area contributed by atoms with Gasteiger partial charge in [-0.25, -0.2) is 0 Å². The van der Waals surface area contributed by atoms with Crippen LogP contribution in [0.3, 0.4) is 0 Å². The quantitative estimate of drug-likeness (QED) is 0.854. The van der Waals surface area contributed by atoms with Crippen LogP contribution in [0.5, 0.6) is 0 Å². The number of nitrogens with zero attached hydrogens (tertiary/aromatic N) is 1. The Labute approximate surface area is 104 Å². The minimum absolute atomic E-state index is 0.705. The summed E-state index contributed by atoms with van der Waals surface area (Å²) in [7, 11) is 0. The summed E-state index contributed by atoms with van der Waals surface area (Å²) in [4.78, 5) is 2.66. The molecule has 1 aliphatic carbocycles. The van der Waals surface area contributed by atoms with Crippen LogP contribution >= 0.6 is 0 Å². The molecule has 0 aromatic heterocycles. The second kappa shape index (κ2) is 4.79. The minimum Gasteiger partial charge on any atom is -0.309 e. The minimum atomic E-state index is 0.705. The number of benzene rings is 1. The molecule has 1 heterocycles. The number of hydrogen-bond acceptors (Lipinski definition) is 2. The zero-order chi connectivity index (χ0) is 11.7. The van der Waals surface area contributed by atoms with Crippen molar-refractivity contribution in [1.82, 2.24) is 10.2 Å². The molecule has 0 amide bonds. The third-order valence-electron chi connectivity index (χ3n) is 3.96. The average molecular weight is 230 g/mol. The molecule has 3 rings (SSSR count). The van der Waals surface area contributed by atoms with Crippen LogP contribution in [0, 0.1) is 6.92 Å². The predicted molar refractivity (Wildman–Crippen MR) is 71.0 cm³/mol. The Balaban J connectivity index is 1.48. The average Bonchev–Trinajstić information content (AvgIpc) is 3.07. The Morgan fingerprint density at radius 2 is 2.18 bits per heavy atom. The molecule has 2 nitrogen and oxygen atoms in total. The standard InChI is InChI=1S/C15H22N2/c1-12-3-2-4-13(9-12)10-16-14-7-8-17(11-14)15-5-6-15/h2-4,9,14-16H,5-8,10-11H2,1H3. The van der Waals surface area contributed by atoms with Gasteiger partial charge in [-0.05, 0) is 31.7 Å². The zero-order valence-electron chi connectivity index (χ0n) is 10.7. The molecule has 1 saturated carbocycles. The van der Waals surface area contributed by atoms with Crippen LogP contribution in [0.2, 0.25) is 0 Å². The fourth-order valence-corrected chi connectivity index (χ4v) is 2.81. The molecule has 2 aliphatic rings. The monoisotopic (exact) mass is 230 g/mol. The van der Waals surface area contributed by atoms with Crippen molar-refractivity contribution in [2.75, 3.05) is 13.1 Å². The molecular weight excluding hydrogens is 208 g/mol. The van der Waals surface area contributed by atoms with Gasteiger partial charge in [0, 0.05) is 31.7 Å². The van der Waals surface area contributed by atoms with E-state index >= 15 is 0 Å². The smallest absolute Gasteiger partial charge is 0.0210 e. The SMILES string of the molecule is Cc1cccc(CNC2CCN(C3CC3)C2)c1. The highest BCUT2D eigenvalue weighted by molar-refractivity contribution is 5.22. The summed E-state index contributed by atoms with van der Waals surface area (Å²) in [5.41, 5.74) is 2.77. The fraction of sp³-hybridized carbons (Fsp3) is 0.600. The number of rotatable bonds is 4. The van der Waals surface area contributed by atoms with Gasteiger partial charge in [0.1, 0.15) is 0 Å². The van der Waals surface area contributed by atoms with Gasteiger partial charge in [-0.1, -0.05) is 29.8 Å². The van der Waals surface area contributed by atoms with Crippen LogP contribution in [-0.4, -0.2) is 30.1 Å². The van der Waals surface area contributed by atoms with Crippen molar-refractivity contribution in [3.05, 3.63) is 35.4 Å². The molecule has 17 heavy (non-hydrogen) atoms. The van der Waals surface area contributed by atoms with E-state index in [0.29, 0.717) is 6.04 Å². The summed E-state index contributed by atoms with van der Waals surface area (Å²) in [6, 6.07) is 10.4. The lowest BCUT2D eigenvalue weighted by molar-refractivity contribution is 0.317. The summed E-state index contributed by atoms with van der Waals surface area (Å²) in [5.74, 6) is 0. The van der Waals surface area contributed by atoms with Crippen molar-refractivity contribution in [2.24, 2.45) is 0 Å². The highest BCUT2D eigenvalue weighted by Gasteiger charge is 2.33. The largest absolute Gasteiger partial charge is 0.309 e. The second-order valence-electron chi connectivity index (χ2n) is 5.58. The van der Waals surface area contributed by atoms with Crippen LogP contribution in [-0.2, 0) is 6.54 Å². The summed E-state index contributed by atoms with van der Waals surface area (Å²) in [6.45, 7) is 5.74. The first-order valence-electron chi connectivity index (χ1n) is 6.84. The molecule has 92 valence electrons. The highest BCUT2D eigenvalue weighted by atomic mass is 15.2. The molecule has 1 unspecified atom stereocenters. The third kappa shape index (κ3) is 2.88. The molecule has 0 bridgehead atoms. The van der Waals surface area contributed by atoms with E-state index in [2.05, 4.69) is 41.4 Å². The van der Waals surface area contributed by atoms with E-state index in [0.717, 1.165) is 12.6 Å². The lowest BCUT2D eigenvalue weighted by Gasteiger charge is -2.15. The van der Waals surface area contributed by atoms with E-state index in [4.69, 9.17) is 0 Å². The van der Waals surface area contributed by atoms with Gasteiger partial charge in [0.05, 0.1) is 0 Å². The maximum absolute atomic E-state index is 3.70. The first-order chi connectivity index (χ1) is 8.31. The van der Waals surface area contributed by atoms with Gasteiger partial charge >= 0.3 is 0 Å². The molecule has 0 spiro atoms. The van der Waals surface area contributed by atoms with Gasteiger partial charge < -0.3 is 5.32 Å². The van der Waals surface area contributed by atoms with Crippen LogP contribution in [0.4, 0.5) is 0 Å². The van der Waals surface area contributed by atoms with Crippen LogP contribution in [0.1, 0.15) is 30.4 Å². The lowest BCUT2D eigenvalue weighted by atomic mass is 10.1. The van der Waals surface area contributed by atoms with E-state index in [9.17, 15) is 0 Å². The molecule has 2 heteroatoms. The first kappa shape index (κ1) is 11.2. The molecule has 0 radical (unpaired) electrons. The Bertz CT molecular complexity index is 384. The van der Waals surface area contributed by atoms with Crippen LogP contribution in [0.15, 0.2) is 24.3 Å². The van der Waals surface area contributed by atoms with Crippen LogP contribution < -0.4 is 5.32 Å². The number of nitrogens with one attached hydrogen (secondary N) is 1. The molecule has 1 N–H and O–H groups in total. The summed E-state index contributed by atoms with van der Waals surface area (Å²) in [5, 5.41) is 3.70. The van der Waals surface area contributed by atoms with E-state index in [1.807, 2.05) is 0 Å². The van der Waals surface area contributed by atoms with E-state index in [-0.39, 0.29) is 0 Å². The maximum Gasteiger partial charge on any atom is 0.0210 e. The summed E-state index contributed by atoms with van der Waals surface area (Å²) >= 11 is 0. The lowest BCUT2D eigenvalue weighted by Crippen LogP contribution is -2.32. The Hall–Kier alpha value is -0.860. The second-order valence-corrected chi connectivity index (χ2v) is 5.58. The Morgan fingerprint density at radius 3 is 2.94 bits per heavy atom. The topological polar surface area (TPSA) is 15.3 Å². The maximum atomic E-state index is 3.70. The van der Waals surface area contributed by atoms with E-state index in [1.165, 1.54) is 43.5 Å². The summed E-state index contributed by atoms with van der Waals surface area (Å²) < 4.78 is 0. The third-order valence-corrected chi connectivity index (χ3v) is 3.96. The van der Waals surface area contributed by atoms with Crippen molar-refractivity contribution in [1.29, 1.82) is 0 Å². The molecule has 1 aromatic rings. The van der Waals surface area contributed by atoms with Crippen molar-refractivity contribution in [3.63, 3.8) is 0 Å². The van der Waals surface area contributed by atoms with E-state index < -0.39 is 0 Å². The van der Waals surface area contributed by atoms with E-state index in [1.54, 1.807) is 0 Å². The van der Waals surface area contributed by atoms with Gasteiger partial charge in [-0.3, -0.25) is 4.90 Å². The van der Waals surface area contributed by atoms with Crippen molar-refractivity contribution < 1.29 is 0 Å². The van der Waals surface area contributed by atoms with Gasteiger partial charge in [-0.15, -0.1) is 0 Å².